The molecule has 0 rings (SSSR count). The number of hydrogen-bond acceptors (Lipinski definition) is 0. The highest BCUT2D eigenvalue weighted by atomic mass is 35.5. The molecular formula is C8H15Cl2. The van der Waals surface area contributed by atoms with Gasteiger partial charge in [-0.2, -0.15) is 0 Å². The van der Waals surface area contributed by atoms with Gasteiger partial charge in [0, 0.05) is 0 Å². The Hall–Kier alpha value is 0.580. The molecule has 0 amide bonds. The molecule has 0 saturated carbocycles. The Labute approximate surface area is 73.9 Å². The van der Waals surface area contributed by atoms with Crippen LogP contribution in [0.4, 0.5) is 0 Å². The van der Waals surface area contributed by atoms with Crippen LogP contribution in [-0.4, -0.2) is 4.87 Å². The highest BCUT2D eigenvalue weighted by Crippen LogP contribution is 2.26. The molecule has 0 N–H and O–H groups in total. The fourth-order valence-electron chi connectivity index (χ4n) is 0.775. The minimum Gasteiger partial charge on any atom is -0.119 e. The van der Waals surface area contributed by atoms with Gasteiger partial charge in [-0.15, -0.1) is 23.2 Å². The lowest BCUT2D eigenvalue weighted by molar-refractivity contribution is 0.592. The van der Waals surface area contributed by atoms with E-state index in [2.05, 4.69) is 6.92 Å². The Morgan fingerprint density at radius 1 is 1.40 bits per heavy atom. The van der Waals surface area contributed by atoms with Crippen molar-refractivity contribution in [1.29, 1.82) is 0 Å². The van der Waals surface area contributed by atoms with Crippen molar-refractivity contribution in [3.8, 4) is 0 Å². The lowest BCUT2D eigenvalue weighted by Gasteiger charge is -2.16. The molecule has 1 atom stereocenters. The highest BCUT2D eigenvalue weighted by molar-refractivity contribution is 6.34. The summed E-state index contributed by atoms with van der Waals surface area (Å²) in [5.41, 5.74) is 0. The van der Waals surface area contributed by atoms with Crippen LogP contribution in [0.1, 0.15) is 39.5 Å². The molecular weight excluding hydrogens is 167 g/mol. The Kier molecular flexibility index (Phi) is 5.56. The van der Waals surface area contributed by atoms with Crippen LogP contribution in [0.2, 0.25) is 0 Å². The molecule has 1 radical (unpaired) electrons. The summed E-state index contributed by atoms with van der Waals surface area (Å²) in [7, 11) is 0. The van der Waals surface area contributed by atoms with Gasteiger partial charge >= 0.3 is 0 Å². The molecule has 2 heteroatoms. The molecule has 0 aliphatic carbocycles. The summed E-state index contributed by atoms with van der Waals surface area (Å²) in [4.78, 5) is -0.295. The maximum atomic E-state index is 5.97. The first kappa shape index (κ1) is 10.6. The maximum Gasteiger partial charge on any atom is 0.0705 e. The van der Waals surface area contributed by atoms with E-state index in [1.165, 1.54) is 19.3 Å². The molecule has 1 unspecified atom stereocenters. The Morgan fingerprint density at radius 3 is 2.40 bits per heavy atom. The average molecular weight is 182 g/mol. The molecule has 0 aromatic heterocycles. The highest BCUT2D eigenvalue weighted by Gasteiger charge is 2.18. The number of alkyl halides is 1. The van der Waals surface area contributed by atoms with Gasteiger partial charge in [-0.3, -0.25) is 0 Å². The second kappa shape index (κ2) is 5.26. The summed E-state index contributed by atoms with van der Waals surface area (Å²) in [6.07, 6.45) is 4.62. The zero-order valence-electron chi connectivity index (χ0n) is 6.66. The number of halogens is 2. The van der Waals surface area contributed by atoms with Crippen LogP contribution in [0, 0.1) is 5.88 Å². The van der Waals surface area contributed by atoms with Crippen molar-refractivity contribution in [2.45, 2.75) is 44.4 Å². The molecule has 0 aliphatic rings. The minimum atomic E-state index is -0.295. The van der Waals surface area contributed by atoms with Gasteiger partial charge < -0.3 is 0 Å². The smallest absolute Gasteiger partial charge is 0.0705 e. The van der Waals surface area contributed by atoms with Gasteiger partial charge in [-0.1, -0.05) is 26.2 Å². The molecule has 0 aliphatic heterocycles. The fraction of sp³-hybridized carbons (Fsp3) is 0.875. The molecule has 0 heterocycles. The normalized spacial score (nSPS) is 16.8. The van der Waals surface area contributed by atoms with Crippen LogP contribution in [-0.2, 0) is 0 Å². The van der Waals surface area contributed by atoms with E-state index in [1.807, 2.05) is 6.92 Å². The lowest BCUT2D eigenvalue weighted by Crippen LogP contribution is -2.13. The Bertz CT molecular complexity index is 79.3. The number of rotatable bonds is 5. The summed E-state index contributed by atoms with van der Waals surface area (Å²) in [6, 6.07) is 0. The largest absolute Gasteiger partial charge is 0.119 e. The second-order valence-corrected chi connectivity index (χ2v) is 3.93. The van der Waals surface area contributed by atoms with E-state index in [-0.39, 0.29) is 4.87 Å². The third-order valence-corrected chi connectivity index (χ3v) is 2.39. The van der Waals surface area contributed by atoms with Gasteiger partial charge in [-0.25, -0.2) is 0 Å². The van der Waals surface area contributed by atoms with Gasteiger partial charge in [0.1, 0.15) is 0 Å². The van der Waals surface area contributed by atoms with Crippen molar-refractivity contribution in [3.63, 3.8) is 0 Å². The molecule has 0 fully saturated rings. The maximum absolute atomic E-state index is 5.97. The summed E-state index contributed by atoms with van der Waals surface area (Å²) in [5, 5.41) is 0. The minimum absolute atomic E-state index is 0.295. The van der Waals surface area contributed by atoms with Gasteiger partial charge in [0.05, 0.1) is 10.8 Å². The van der Waals surface area contributed by atoms with Crippen molar-refractivity contribution in [3.05, 3.63) is 5.88 Å². The van der Waals surface area contributed by atoms with Crippen molar-refractivity contribution >= 4 is 23.2 Å². The van der Waals surface area contributed by atoms with E-state index < -0.39 is 0 Å². The zero-order chi connectivity index (χ0) is 8.04. The van der Waals surface area contributed by atoms with Crippen LogP contribution in [0.3, 0.4) is 0 Å². The molecule has 61 valence electrons. The quantitative estimate of drug-likeness (QED) is 0.445. The van der Waals surface area contributed by atoms with Gasteiger partial charge in [0.25, 0.3) is 0 Å². The molecule has 0 aromatic rings. The molecule has 0 bridgehead atoms. The first-order valence-electron chi connectivity index (χ1n) is 3.76. The van der Waals surface area contributed by atoms with Crippen molar-refractivity contribution < 1.29 is 0 Å². The lowest BCUT2D eigenvalue weighted by atomic mass is 10.0. The predicted molar refractivity (Wildman–Crippen MR) is 48.6 cm³/mol. The summed E-state index contributed by atoms with van der Waals surface area (Å²) < 4.78 is 0. The average Bonchev–Trinajstić information content (AvgIpc) is 1.89. The molecule has 0 nitrogen and oxygen atoms in total. The van der Waals surface area contributed by atoms with Gasteiger partial charge in [-0.05, 0) is 13.3 Å². The van der Waals surface area contributed by atoms with E-state index in [0.29, 0.717) is 0 Å². The van der Waals surface area contributed by atoms with Crippen molar-refractivity contribution in [2.75, 3.05) is 0 Å². The summed E-state index contributed by atoms with van der Waals surface area (Å²) in [6.45, 7) is 4.12. The van der Waals surface area contributed by atoms with Crippen LogP contribution in [0.25, 0.3) is 0 Å². The van der Waals surface area contributed by atoms with Crippen LogP contribution >= 0.6 is 23.2 Å². The topological polar surface area (TPSA) is 0 Å². The van der Waals surface area contributed by atoms with Crippen LogP contribution in [0.15, 0.2) is 0 Å². The first-order valence-corrected chi connectivity index (χ1v) is 4.57. The third-order valence-electron chi connectivity index (χ3n) is 1.50. The Morgan fingerprint density at radius 2 is 2.00 bits per heavy atom. The summed E-state index contributed by atoms with van der Waals surface area (Å²) in [5.74, 6) is 1.55. The fourth-order valence-corrected chi connectivity index (χ4v) is 1.02. The van der Waals surface area contributed by atoms with E-state index in [9.17, 15) is 0 Å². The number of hydrogen-bond donors (Lipinski definition) is 0. The van der Waals surface area contributed by atoms with Gasteiger partial charge in [0.15, 0.2) is 0 Å². The first-order chi connectivity index (χ1) is 4.62. The van der Waals surface area contributed by atoms with E-state index in [4.69, 9.17) is 23.2 Å². The summed E-state index contributed by atoms with van der Waals surface area (Å²) >= 11 is 11.5. The second-order valence-electron chi connectivity index (χ2n) is 2.84. The molecule has 0 spiro atoms. The van der Waals surface area contributed by atoms with Crippen LogP contribution < -0.4 is 0 Å². The monoisotopic (exact) mass is 181 g/mol. The van der Waals surface area contributed by atoms with E-state index >= 15 is 0 Å². The third kappa shape index (κ3) is 5.37. The predicted octanol–water partition coefficient (Wildman–Crippen LogP) is 3.96. The molecule has 0 saturated heterocycles. The molecule has 10 heavy (non-hydrogen) atoms. The van der Waals surface area contributed by atoms with E-state index in [1.54, 1.807) is 5.88 Å². The standard InChI is InChI=1S/C8H15Cl2/c1-3-4-5-6-8(2,10)7-9/h7H,3-6H2,1-2H3. The zero-order valence-corrected chi connectivity index (χ0v) is 8.17. The molecule has 0 aromatic carbocycles. The van der Waals surface area contributed by atoms with Crippen LogP contribution in [0.5, 0.6) is 0 Å². The SMILES string of the molecule is CCCCCC(C)(Cl)[CH]Cl. The Balaban J connectivity index is 3.28. The van der Waals surface area contributed by atoms with Crippen molar-refractivity contribution in [2.24, 2.45) is 0 Å². The van der Waals surface area contributed by atoms with E-state index in [0.717, 1.165) is 6.42 Å². The van der Waals surface area contributed by atoms with Gasteiger partial charge in [0.2, 0.25) is 0 Å². The van der Waals surface area contributed by atoms with Crippen molar-refractivity contribution in [1.82, 2.24) is 0 Å². The number of unbranched alkanes of at least 4 members (excludes halogenated alkanes) is 2.